The summed E-state index contributed by atoms with van der Waals surface area (Å²) >= 11 is 6.04. The van der Waals surface area contributed by atoms with Crippen LogP contribution in [0.2, 0.25) is 0 Å². The fourth-order valence-electron chi connectivity index (χ4n) is 2.29. The zero-order chi connectivity index (χ0) is 14.0. The van der Waals surface area contributed by atoms with Crippen LogP contribution in [0.15, 0.2) is 12.3 Å². The van der Waals surface area contributed by atoms with Crippen molar-refractivity contribution in [2.24, 2.45) is 0 Å². The number of aromatic nitrogens is 3. The number of hydrogen-bond donors (Lipinski definition) is 0. The maximum atomic E-state index is 6.04. The van der Waals surface area contributed by atoms with E-state index in [1.807, 2.05) is 12.3 Å². The number of fused-ring (bicyclic) bond motifs is 1. The monoisotopic (exact) mass is 280 g/mol. The molecule has 0 fully saturated rings. The summed E-state index contributed by atoms with van der Waals surface area (Å²) in [5.41, 5.74) is 3.06. The van der Waals surface area contributed by atoms with Crippen molar-refractivity contribution in [1.29, 1.82) is 0 Å². The second kappa shape index (κ2) is 5.88. The Balaban J connectivity index is 2.42. The molecule has 5 heteroatoms. The molecule has 104 valence electrons. The lowest BCUT2D eigenvalue weighted by atomic mass is 10.2. The Labute approximate surface area is 119 Å². The third-order valence-electron chi connectivity index (χ3n) is 3.41. The van der Waals surface area contributed by atoms with Gasteiger partial charge >= 0.3 is 0 Å². The first-order valence-corrected chi connectivity index (χ1v) is 7.11. The highest BCUT2D eigenvalue weighted by Gasteiger charge is 2.17. The molecular formula is C14H21ClN4. The Morgan fingerprint density at radius 3 is 2.79 bits per heavy atom. The number of aryl methyl sites for hydroxylation is 1. The number of pyridine rings is 1. The summed E-state index contributed by atoms with van der Waals surface area (Å²) in [6.07, 6.45) is 2.89. The van der Waals surface area contributed by atoms with Gasteiger partial charge in [0.15, 0.2) is 5.65 Å². The summed E-state index contributed by atoms with van der Waals surface area (Å²) in [5, 5.41) is 0. The summed E-state index contributed by atoms with van der Waals surface area (Å²) in [4.78, 5) is 11.3. The normalized spacial score (nSPS) is 13.4. The van der Waals surface area contributed by atoms with E-state index in [0.717, 1.165) is 35.5 Å². The zero-order valence-corrected chi connectivity index (χ0v) is 12.8. The van der Waals surface area contributed by atoms with Crippen LogP contribution in [0, 0.1) is 6.92 Å². The predicted octanol–water partition coefficient (Wildman–Crippen LogP) is 2.99. The first kappa shape index (κ1) is 14.3. The second-order valence-electron chi connectivity index (χ2n) is 5.27. The van der Waals surface area contributed by atoms with Crippen LogP contribution in [0.3, 0.4) is 0 Å². The SMILES string of the molecule is Cc1ccnc2c1nc(CCl)n2C(C)CCN(C)C. The molecular weight excluding hydrogens is 260 g/mol. The predicted molar refractivity (Wildman–Crippen MR) is 79.7 cm³/mol. The fourth-order valence-corrected chi connectivity index (χ4v) is 2.48. The topological polar surface area (TPSA) is 34.0 Å². The van der Waals surface area contributed by atoms with E-state index in [9.17, 15) is 0 Å². The molecule has 0 spiro atoms. The average Bonchev–Trinajstić information content (AvgIpc) is 2.76. The molecule has 2 aromatic rings. The van der Waals surface area contributed by atoms with Crippen molar-refractivity contribution >= 4 is 22.8 Å². The van der Waals surface area contributed by atoms with Crippen LogP contribution in [0.25, 0.3) is 11.2 Å². The molecule has 19 heavy (non-hydrogen) atoms. The van der Waals surface area contributed by atoms with Gasteiger partial charge in [0.05, 0.1) is 5.88 Å². The van der Waals surface area contributed by atoms with E-state index in [0.29, 0.717) is 11.9 Å². The van der Waals surface area contributed by atoms with E-state index >= 15 is 0 Å². The summed E-state index contributed by atoms with van der Waals surface area (Å²) in [5.74, 6) is 1.33. The second-order valence-corrected chi connectivity index (χ2v) is 5.54. The Bertz CT molecular complexity index is 562. The molecule has 2 rings (SSSR count). The molecule has 0 aromatic carbocycles. The summed E-state index contributed by atoms with van der Waals surface area (Å²) in [6.45, 7) is 5.29. The van der Waals surface area contributed by atoms with Crippen LogP contribution in [0.4, 0.5) is 0 Å². The van der Waals surface area contributed by atoms with Gasteiger partial charge in [-0.2, -0.15) is 0 Å². The van der Waals surface area contributed by atoms with Crippen molar-refractivity contribution in [3.8, 4) is 0 Å². The molecule has 1 atom stereocenters. The summed E-state index contributed by atoms with van der Waals surface area (Å²) in [6, 6.07) is 2.33. The van der Waals surface area contributed by atoms with Crippen LogP contribution in [-0.2, 0) is 5.88 Å². The molecule has 0 radical (unpaired) electrons. The van der Waals surface area contributed by atoms with Crippen molar-refractivity contribution in [3.63, 3.8) is 0 Å². The molecule has 0 amide bonds. The van der Waals surface area contributed by atoms with Crippen molar-refractivity contribution in [3.05, 3.63) is 23.7 Å². The number of alkyl halides is 1. The number of rotatable bonds is 5. The van der Waals surface area contributed by atoms with Crippen molar-refractivity contribution in [1.82, 2.24) is 19.4 Å². The van der Waals surface area contributed by atoms with Gasteiger partial charge in [-0.05, 0) is 52.5 Å². The minimum atomic E-state index is 0.343. The zero-order valence-electron chi connectivity index (χ0n) is 12.0. The first-order chi connectivity index (χ1) is 9.04. The molecule has 2 aromatic heterocycles. The third-order valence-corrected chi connectivity index (χ3v) is 3.65. The van der Waals surface area contributed by atoms with Gasteiger partial charge in [-0.25, -0.2) is 9.97 Å². The molecule has 0 N–H and O–H groups in total. The van der Waals surface area contributed by atoms with Gasteiger partial charge in [0.1, 0.15) is 11.3 Å². The van der Waals surface area contributed by atoms with Gasteiger partial charge in [-0.1, -0.05) is 0 Å². The standard InChI is InChI=1S/C14H21ClN4/c1-10-5-7-16-14-13(10)17-12(9-15)19(14)11(2)6-8-18(3)4/h5,7,11H,6,8-9H2,1-4H3. The Morgan fingerprint density at radius 1 is 1.42 bits per heavy atom. The van der Waals surface area contributed by atoms with Gasteiger partial charge in [0.2, 0.25) is 0 Å². The number of halogens is 1. The quantitative estimate of drug-likeness (QED) is 0.790. The van der Waals surface area contributed by atoms with E-state index in [1.165, 1.54) is 0 Å². The molecule has 0 saturated carbocycles. The fraction of sp³-hybridized carbons (Fsp3) is 0.571. The molecule has 0 aliphatic rings. The molecule has 4 nitrogen and oxygen atoms in total. The Hall–Kier alpha value is -1.13. The third kappa shape index (κ3) is 2.90. The number of nitrogens with zero attached hydrogens (tertiary/aromatic N) is 4. The molecule has 2 heterocycles. The van der Waals surface area contributed by atoms with Gasteiger partial charge in [-0.15, -0.1) is 11.6 Å². The Morgan fingerprint density at radius 2 is 2.16 bits per heavy atom. The van der Waals surface area contributed by atoms with Crippen LogP contribution in [-0.4, -0.2) is 40.1 Å². The molecule has 0 aliphatic carbocycles. The lowest BCUT2D eigenvalue weighted by Gasteiger charge is -2.18. The largest absolute Gasteiger partial charge is 0.309 e. The molecule has 1 unspecified atom stereocenters. The van der Waals surface area contributed by atoms with Gasteiger partial charge in [0.25, 0.3) is 0 Å². The highest BCUT2D eigenvalue weighted by atomic mass is 35.5. The van der Waals surface area contributed by atoms with Gasteiger partial charge in [0, 0.05) is 12.2 Å². The first-order valence-electron chi connectivity index (χ1n) is 6.57. The molecule has 0 saturated heterocycles. The highest BCUT2D eigenvalue weighted by Crippen LogP contribution is 2.24. The minimum Gasteiger partial charge on any atom is -0.309 e. The van der Waals surface area contributed by atoms with Crippen LogP contribution >= 0.6 is 11.6 Å². The van der Waals surface area contributed by atoms with Crippen molar-refractivity contribution in [2.75, 3.05) is 20.6 Å². The lowest BCUT2D eigenvalue weighted by molar-refractivity contribution is 0.358. The molecule has 0 bridgehead atoms. The maximum absolute atomic E-state index is 6.04. The van der Waals surface area contributed by atoms with E-state index in [4.69, 9.17) is 11.6 Å². The van der Waals surface area contributed by atoms with Crippen LogP contribution < -0.4 is 0 Å². The maximum Gasteiger partial charge on any atom is 0.160 e. The molecule has 0 aliphatic heterocycles. The number of imidazole rings is 1. The van der Waals surface area contributed by atoms with Gasteiger partial charge in [-0.3, -0.25) is 0 Å². The Kier molecular flexibility index (Phi) is 4.42. The van der Waals surface area contributed by atoms with Crippen LogP contribution in [0.1, 0.15) is 30.8 Å². The summed E-state index contributed by atoms with van der Waals surface area (Å²) < 4.78 is 2.18. The van der Waals surface area contributed by atoms with Crippen molar-refractivity contribution < 1.29 is 0 Å². The van der Waals surface area contributed by atoms with E-state index in [2.05, 4.69) is 47.4 Å². The van der Waals surface area contributed by atoms with E-state index in [-0.39, 0.29) is 0 Å². The minimum absolute atomic E-state index is 0.343. The van der Waals surface area contributed by atoms with Crippen LogP contribution in [0.5, 0.6) is 0 Å². The summed E-state index contributed by atoms with van der Waals surface area (Å²) in [7, 11) is 4.17. The number of hydrogen-bond acceptors (Lipinski definition) is 3. The van der Waals surface area contributed by atoms with E-state index < -0.39 is 0 Å². The smallest absolute Gasteiger partial charge is 0.160 e. The van der Waals surface area contributed by atoms with E-state index in [1.54, 1.807) is 0 Å². The van der Waals surface area contributed by atoms with Gasteiger partial charge < -0.3 is 9.47 Å². The highest BCUT2D eigenvalue weighted by molar-refractivity contribution is 6.16. The lowest BCUT2D eigenvalue weighted by Crippen LogP contribution is -2.18. The average molecular weight is 281 g/mol. The van der Waals surface area contributed by atoms with Crippen molar-refractivity contribution in [2.45, 2.75) is 32.2 Å².